The van der Waals surface area contributed by atoms with Gasteiger partial charge in [0.1, 0.15) is 17.8 Å². The molecule has 2 aromatic heterocycles. The van der Waals surface area contributed by atoms with E-state index in [4.69, 9.17) is 0 Å². The molecule has 0 aromatic carbocycles. The van der Waals surface area contributed by atoms with Crippen molar-refractivity contribution in [1.82, 2.24) is 24.7 Å². The number of hydrogen-bond acceptors (Lipinski definition) is 5. The minimum atomic E-state index is 0.548. The highest BCUT2D eigenvalue weighted by Crippen LogP contribution is 2.14. The summed E-state index contributed by atoms with van der Waals surface area (Å²) in [5.74, 6) is 1.55. The van der Waals surface area contributed by atoms with E-state index in [-0.39, 0.29) is 0 Å². The standard InChI is InChI=1S/C12H15N5O/c1-9-7-14-10(8-13-9)12-16-15-11(17(12)2)5-3-4-6-18/h6-8H,3-5H2,1-2H3. The van der Waals surface area contributed by atoms with E-state index in [1.54, 1.807) is 12.4 Å². The fourth-order valence-electron chi connectivity index (χ4n) is 1.65. The highest BCUT2D eigenvalue weighted by molar-refractivity contribution is 5.49. The van der Waals surface area contributed by atoms with E-state index in [0.717, 1.165) is 30.6 Å². The molecule has 0 aliphatic heterocycles. The topological polar surface area (TPSA) is 73.6 Å². The molecule has 0 saturated carbocycles. The van der Waals surface area contributed by atoms with Crippen molar-refractivity contribution < 1.29 is 4.79 Å². The highest BCUT2D eigenvalue weighted by Gasteiger charge is 2.11. The Morgan fingerprint density at radius 1 is 1.28 bits per heavy atom. The van der Waals surface area contributed by atoms with Crippen molar-refractivity contribution in [2.24, 2.45) is 7.05 Å². The number of nitrogens with zero attached hydrogens (tertiary/aromatic N) is 5. The number of aryl methyl sites for hydroxylation is 2. The van der Waals surface area contributed by atoms with Crippen LogP contribution in [0.5, 0.6) is 0 Å². The molecule has 0 saturated heterocycles. The number of carbonyl (C=O) groups is 1. The predicted molar refractivity (Wildman–Crippen MR) is 65.8 cm³/mol. The van der Waals surface area contributed by atoms with E-state index in [1.165, 1.54) is 0 Å². The van der Waals surface area contributed by atoms with Gasteiger partial charge in [-0.3, -0.25) is 4.98 Å². The molecule has 0 spiro atoms. The second kappa shape index (κ2) is 5.48. The third kappa shape index (κ3) is 2.58. The first-order valence-electron chi connectivity index (χ1n) is 5.83. The first-order valence-corrected chi connectivity index (χ1v) is 5.83. The van der Waals surface area contributed by atoms with Crippen LogP contribution in [-0.4, -0.2) is 31.0 Å². The van der Waals surface area contributed by atoms with Crippen LogP contribution in [0.1, 0.15) is 24.4 Å². The summed E-state index contributed by atoms with van der Waals surface area (Å²) in [5, 5.41) is 8.23. The van der Waals surface area contributed by atoms with Gasteiger partial charge in [-0.25, -0.2) is 4.98 Å². The van der Waals surface area contributed by atoms with Gasteiger partial charge in [-0.15, -0.1) is 10.2 Å². The maximum absolute atomic E-state index is 10.3. The van der Waals surface area contributed by atoms with Crippen LogP contribution in [0, 0.1) is 6.92 Å². The van der Waals surface area contributed by atoms with Gasteiger partial charge in [0, 0.05) is 26.1 Å². The molecular weight excluding hydrogens is 230 g/mol. The van der Waals surface area contributed by atoms with Crippen LogP contribution in [0.25, 0.3) is 11.5 Å². The molecule has 94 valence electrons. The van der Waals surface area contributed by atoms with Gasteiger partial charge < -0.3 is 9.36 Å². The Bertz CT molecular complexity index is 532. The van der Waals surface area contributed by atoms with E-state index in [2.05, 4.69) is 20.2 Å². The van der Waals surface area contributed by atoms with E-state index in [0.29, 0.717) is 17.9 Å². The van der Waals surface area contributed by atoms with Gasteiger partial charge in [0.25, 0.3) is 0 Å². The van der Waals surface area contributed by atoms with Gasteiger partial charge >= 0.3 is 0 Å². The largest absolute Gasteiger partial charge is 0.313 e. The molecule has 18 heavy (non-hydrogen) atoms. The lowest BCUT2D eigenvalue weighted by atomic mass is 10.2. The Morgan fingerprint density at radius 2 is 2.11 bits per heavy atom. The zero-order chi connectivity index (χ0) is 13.0. The van der Waals surface area contributed by atoms with Crippen LogP contribution < -0.4 is 0 Å². The van der Waals surface area contributed by atoms with Gasteiger partial charge in [0.05, 0.1) is 11.9 Å². The summed E-state index contributed by atoms with van der Waals surface area (Å²) in [5.41, 5.74) is 1.57. The van der Waals surface area contributed by atoms with Gasteiger partial charge in [-0.2, -0.15) is 0 Å². The third-order valence-electron chi connectivity index (χ3n) is 2.70. The average molecular weight is 245 g/mol. The summed E-state index contributed by atoms with van der Waals surface area (Å²) in [6, 6.07) is 0. The summed E-state index contributed by atoms with van der Waals surface area (Å²) >= 11 is 0. The normalized spacial score (nSPS) is 10.6. The summed E-state index contributed by atoms with van der Waals surface area (Å²) in [4.78, 5) is 18.7. The van der Waals surface area contributed by atoms with Gasteiger partial charge in [-0.05, 0) is 13.3 Å². The monoisotopic (exact) mass is 245 g/mol. The van der Waals surface area contributed by atoms with E-state index >= 15 is 0 Å². The van der Waals surface area contributed by atoms with Gasteiger partial charge in [0.2, 0.25) is 0 Å². The van der Waals surface area contributed by atoms with Crippen molar-refractivity contribution in [3.8, 4) is 11.5 Å². The Morgan fingerprint density at radius 3 is 2.78 bits per heavy atom. The predicted octanol–water partition coefficient (Wildman–Crippen LogP) is 1.10. The first-order chi connectivity index (χ1) is 8.72. The molecule has 0 radical (unpaired) electrons. The first kappa shape index (κ1) is 12.3. The van der Waals surface area contributed by atoms with Crippen molar-refractivity contribution in [3.63, 3.8) is 0 Å². The maximum Gasteiger partial charge on any atom is 0.183 e. The second-order valence-electron chi connectivity index (χ2n) is 4.10. The molecule has 0 bridgehead atoms. The smallest absolute Gasteiger partial charge is 0.183 e. The Hall–Kier alpha value is -2.11. The Labute approximate surface area is 105 Å². The molecule has 2 heterocycles. The average Bonchev–Trinajstić information content (AvgIpc) is 2.73. The van der Waals surface area contributed by atoms with Crippen molar-refractivity contribution in [2.75, 3.05) is 0 Å². The fourth-order valence-corrected chi connectivity index (χ4v) is 1.65. The molecule has 0 N–H and O–H groups in total. The van der Waals surface area contributed by atoms with Crippen LogP contribution in [0.15, 0.2) is 12.4 Å². The third-order valence-corrected chi connectivity index (χ3v) is 2.70. The van der Waals surface area contributed by atoms with Crippen LogP contribution in [0.4, 0.5) is 0 Å². The quantitative estimate of drug-likeness (QED) is 0.582. The lowest BCUT2D eigenvalue weighted by Gasteiger charge is -2.02. The fraction of sp³-hybridized carbons (Fsp3) is 0.417. The molecule has 6 nitrogen and oxygen atoms in total. The van der Waals surface area contributed by atoms with Crippen LogP contribution in [0.3, 0.4) is 0 Å². The molecule has 0 amide bonds. The number of aromatic nitrogens is 5. The highest BCUT2D eigenvalue weighted by atomic mass is 16.1. The molecule has 2 rings (SSSR count). The van der Waals surface area contributed by atoms with Crippen molar-refractivity contribution in [3.05, 3.63) is 23.9 Å². The lowest BCUT2D eigenvalue weighted by molar-refractivity contribution is -0.107. The van der Waals surface area contributed by atoms with E-state index < -0.39 is 0 Å². The number of unbranched alkanes of at least 4 members (excludes halogenated alkanes) is 1. The maximum atomic E-state index is 10.3. The van der Waals surface area contributed by atoms with Crippen LogP contribution in [-0.2, 0) is 18.3 Å². The van der Waals surface area contributed by atoms with Gasteiger partial charge in [0.15, 0.2) is 5.82 Å². The Balaban J connectivity index is 2.19. The molecule has 0 aliphatic rings. The van der Waals surface area contributed by atoms with Crippen LogP contribution in [0.2, 0.25) is 0 Å². The second-order valence-corrected chi connectivity index (χ2v) is 4.10. The number of carbonyl (C=O) groups excluding carboxylic acids is 1. The minimum absolute atomic E-state index is 0.548. The molecule has 6 heteroatoms. The zero-order valence-corrected chi connectivity index (χ0v) is 10.5. The molecular formula is C12H15N5O. The molecule has 0 aliphatic carbocycles. The SMILES string of the molecule is Cc1cnc(-c2nnc(CCCC=O)n2C)cn1. The van der Waals surface area contributed by atoms with Crippen molar-refractivity contribution in [1.29, 1.82) is 0 Å². The Kier molecular flexibility index (Phi) is 3.76. The molecule has 0 unspecified atom stereocenters. The molecule has 0 fully saturated rings. The van der Waals surface area contributed by atoms with E-state index in [1.807, 2.05) is 18.5 Å². The summed E-state index contributed by atoms with van der Waals surface area (Å²) in [6.45, 7) is 1.89. The van der Waals surface area contributed by atoms with Crippen molar-refractivity contribution in [2.45, 2.75) is 26.2 Å². The van der Waals surface area contributed by atoms with Crippen LogP contribution >= 0.6 is 0 Å². The van der Waals surface area contributed by atoms with E-state index in [9.17, 15) is 4.79 Å². The molecule has 2 aromatic rings. The molecule has 0 atom stereocenters. The summed E-state index contributed by atoms with van der Waals surface area (Å²) in [7, 11) is 1.90. The lowest BCUT2D eigenvalue weighted by Crippen LogP contribution is -2.01. The summed E-state index contributed by atoms with van der Waals surface area (Å²) in [6.07, 6.45) is 6.39. The number of aldehydes is 1. The summed E-state index contributed by atoms with van der Waals surface area (Å²) < 4.78 is 1.89. The number of rotatable bonds is 5. The van der Waals surface area contributed by atoms with Crippen molar-refractivity contribution >= 4 is 6.29 Å². The number of hydrogen-bond donors (Lipinski definition) is 0. The van der Waals surface area contributed by atoms with Gasteiger partial charge in [-0.1, -0.05) is 0 Å². The zero-order valence-electron chi connectivity index (χ0n) is 10.5. The minimum Gasteiger partial charge on any atom is -0.313 e.